The maximum Gasteiger partial charge on any atom is 0.237 e. The maximum absolute atomic E-state index is 12.3. The molecule has 7 heteroatoms. The van der Waals surface area contributed by atoms with Crippen LogP contribution in [0.2, 0.25) is 5.02 Å². The van der Waals surface area contributed by atoms with E-state index in [2.05, 4.69) is 15.3 Å². The summed E-state index contributed by atoms with van der Waals surface area (Å²) in [4.78, 5) is 31.2. The number of rotatable bonds is 5. The smallest absolute Gasteiger partial charge is 0.237 e. The van der Waals surface area contributed by atoms with Crippen LogP contribution in [0.25, 0.3) is 11.0 Å². The maximum atomic E-state index is 12.3. The number of anilines is 1. The van der Waals surface area contributed by atoms with Gasteiger partial charge in [-0.05, 0) is 56.3 Å². The third kappa shape index (κ3) is 4.21. The van der Waals surface area contributed by atoms with Gasteiger partial charge < -0.3 is 10.3 Å². The molecule has 3 rings (SSSR count). The third-order valence-electron chi connectivity index (χ3n) is 3.64. The van der Waals surface area contributed by atoms with Gasteiger partial charge in [-0.2, -0.15) is 0 Å². The Labute approximate surface area is 154 Å². The van der Waals surface area contributed by atoms with Crippen molar-refractivity contribution in [1.29, 1.82) is 0 Å². The fourth-order valence-electron chi connectivity index (χ4n) is 2.27. The zero-order valence-electron chi connectivity index (χ0n) is 13.7. The van der Waals surface area contributed by atoms with E-state index in [1.165, 1.54) is 18.7 Å². The first-order valence-electron chi connectivity index (χ1n) is 7.66. The first-order chi connectivity index (χ1) is 11.9. The minimum atomic E-state index is -0.344. The minimum absolute atomic E-state index is 0.00760. The van der Waals surface area contributed by atoms with E-state index in [1.807, 2.05) is 13.0 Å². The van der Waals surface area contributed by atoms with Gasteiger partial charge in [0.15, 0.2) is 10.9 Å². The molecule has 0 aliphatic rings. The number of amides is 1. The van der Waals surface area contributed by atoms with Crippen molar-refractivity contribution in [3.8, 4) is 0 Å². The number of imidazole rings is 1. The number of ketones is 1. The van der Waals surface area contributed by atoms with Gasteiger partial charge in [0.25, 0.3) is 0 Å². The molecule has 2 N–H and O–H groups in total. The van der Waals surface area contributed by atoms with E-state index < -0.39 is 0 Å². The number of H-pyrrole nitrogens is 1. The quantitative estimate of drug-likeness (QED) is 0.508. The lowest BCUT2D eigenvalue weighted by Gasteiger charge is -2.10. The van der Waals surface area contributed by atoms with Gasteiger partial charge in [0, 0.05) is 16.3 Å². The number of hydrogen-bond donors (Lipinski definition) is 2. The van der Waals surface area contributed by atoms with Crippen LogP contribution in [0.1, 0.15) is 24.2 Å². The Morgan fingerprint density at radius 3 is 2.60 bits per heavy atom. The number of thioether (sulfide) groups is 1. The lowest BCUT2D eigenvalue weighted by atomic mass is 10.1. The van der Waals surface area contributed by atoms with Crippen molar-refractivity contribution in [3.05, 3.63) is 53.1 Å². The van der Waals surface area contributed by atoms with Crippen LogP contribution in [0.4, 0.5) is 5.69 Å². The summed E-state index contributed by atoms with van der Waals surface area (Å²) < 4.78 is 0. The highest BCUT2D eigenvalue weighted by molar-refractivity contribution is 8.00. The number of aromatic amines is 1. The second kappa shape index (κ2) is 7.29. The van der Waals surface area contributed by atoms with E-state index in [1.54, 1.807) is 36.4 Å². The molecule has 0 aliphatic heterocycles. The topological polar surface area (TPSA) is 74.8 Å². The Kier molecular flexibility index (Phi) is 5.11. The van der Waals surface area contributed by atoms with E-state index in [9.17, 15) is 9.59 Å². The van der Waals surface area contributed by atoms with Gasteiger partial charge >= 0.3 is 0 Å². The number of Topliss-reactive ketones (excluding diaryl/α,β-unsaturated/α-hetero) is 1. The average molecular weight is 374 g/mol. The summed E-state index contributed by atoms with van der Waals surface area (Å²) in [7, 11) is 0. The van der Waals surface area contributed by atoms with Crippen LogP contribution in [-0.4, -0.2) is 26.9 Å². The van der Waals surface area contributed by atoms with Crippen molar-refractivity contribution >= 4 is 51.8 Å². The molecule has 0 spiro atoms. The van der Waals surface area contributed by atoms with Gasteiger partial charge in [0.2, 0.25) is 5.91 Å². The fourth-order valence-corrected chi connectivity index (χ4v) is 3.26. The van der Waals surface area contributed by atoms with Crippen molar-refractivity contribution in [2.75, 3.05) is 5.32 Å². The summed E-state index contributed by atoms with van der Waals surface area (Å²) >= 11 is 7.30. The molecule has 1 atom stereocenters. The zero-order chi connectivity index (χ0) is 18.0. The number of halogens is 1. The molecule has 0 unspecified atom stereocenters. The van der Waals surface area contributed by atoms with Gasteiger partial charge in [-0.3, -0.25) is 9.59 Å². The minimum Gasteiger partial charge on any atom is -0.333 e. The number of hydrogen-bond acceptors (Lipinski definition) is 4. The molecule has 3 aromatic rings. The van der Waals surface area contributed by atoms with E-state index >= 15 is 0 Å². The summed E-state index contributed by atoms with van der Waals surface area (Å²) in [5.74, 6) is -0.147. The van der Waals surface area contributed by atoms with Gasteiger partial charge in [0.05, 0.1) is 16.3 Å². The van der Waals surface area contributed by atoms with E-state index in [-0.39, 0.29) is 16.9 Å². The molecule has 1 amide bonds. The Morgan fingerprint density at radius 1 is 1.20 bits per heavy atom. The Balaban J connectivity index is 1.66. The predicted molar refractivity (Wildman–Crippen MR) is 101 cm³/mol. The van der Waals surface area contributed by atoms with E-state index in [4.69, 9.17) is 11.6 Å². The van der Waals surface area contributed by atoms with Gasteiger partial charge in [0.1, 0.15) is 0 Å². The molecule has 0 saturated heterocycles. The summed E-state index contributed by atoms with van der Waals surface area (Å²) in [6.07, 6.45) is 0. The molecular weight excluding hydrogens is 358 g/mol. The molecule has 0 radical (unpaired) electrons. The summed E-state index contributed by atoms with van der Waals surface area (Å²) in [6.45, 7) is 3.32. The number of aromatic nitrogens is 2. The lowest BCUT2D eigenvalue weighted by Crippen LogP contribution is -2.22. The first-order valence-corrected chi connectivity index (χ1v) is 8.92. The Morgan fingerprint density at radius 2 is 1.92 bits per heavy atom. The summed E-state index contributed by atoms with van der Waals surface area (Å²) in [6, 6.07) is 12.2. The molecule has 5 nitrogen and oxygen atoms in total. The molecule has 25 heavy (non-hydrogen) atoms. The van der Waals surface area contributed by atoms with Crippen LogP contribution in [-0.2, 0) is 4.79 Å². The van der Waals surface area contributed by atoms with Gasteiger partial charge in [-0.15, -0.1) is 0 Å². The highest BCUT2D eigenvalue weighted by Crippen LogP contribution is 2.25. The zero-order valence-corrected chi connectivity index (χ0v) is 15.2. The lowest BCUT2D eigenvalue weighted by molar-refractivity contribution is -0.115. The van der Waals surface area contributed by atoms with Crippen LogP contribution >= 0.6 is 23.4 Å². The number of carbonyl (C=O) groups excluding carboxylic acids is 2. The van der Waals surface area contributed by atoms with Crippen LogP contribution in [0, 0.1) is 0 Å². The van der Waals surface area contributed by atoms with Crippen LogP contribution < -0.4 is 5.32 Å². The highest BCUT2D eigenvalue weighted by Gasteiger charge is 2.17. The number of benzene rings is 2. The van der Waals surface area contributed by atoms with E-state index in [0.29, 0.717) is 21.4 Å². The van der Waals surface area contributed by atoms with Crippen molar-refractivity contribution < 1.29 is 9.59 Å². The van der Waals surface area contributed by atoms with E-state index in [0.717, 1.165) is 11.0 Å². The number of nitrogens with zero attached hydrogens (tertiary/aromatic N) is 1. The third-order valence-corrected chi connectivity index (χ3v) is 4.86. The van der Waals surface area contributed by atoms with Crippen LogP contribution in [0.15, 0.2) is 47.6 Å². The monoisotopic (exact) mass is 373 g/mol. The number of nitrogens with one attached hydrogen (secondary N) is 2. The highest BCUT2D eigenvalue weighted by atomic mass is 35.5. The SMILES string of the molecule is CC(=O)c1ccc(NC(=O)[C@@H](C)Sc2nc3ccc(Cl)cc3[nH]2)cc1. The summed E-state index contributed by atoms with van der Waals surface area (Å²) in [5, 5.41) is 3.78. The summed E-state index contributed by atoms with van der Waals surface area (Å²) in [5.41, 5.74) is 2.90. The second-order valence-corrected chi connectivity index (χ2v) is 7.35. The normalized spacial score (nSPS) is 12.1. The van der Waals surface area contributed by atoms with Crippen molar-refractivity contribution in [2.45, 2.75) is 24.3 Å². The number of fused-ring (bicyclic) bond motifs is 1. The van der Waals surface area contributed by atoms with Crippen molar-refractivity contribution in [2.24, 2.45) is 0 Å². The molecule has 128 valence electrons. The largest absolute Gasteiger partial charge is 0.333 e. The molecule has 1 aromatic heterocycles. The molecular formula is C18H16ClN3O2S. The average Bonchev–Trinajstić information content (AvgIpc) is 2.96. The molecule has 0 aliphatic carbocycles. The molecule has 2 aromatic carbocycles. The molecule has 1 heterocycles. The Hall–Kier alpha value is -2.31. The van der Waals surface area contributed by atoms with Gasteiger partial charge in [-0.1, -0.05) is 23.4 Å². The second-order valence-electron chi connectivity index (χ2n) is 5.59. The Bertz CT molecular complexity index is 937. The van der Waals surface area contributed by atoms with Crippen LogP contribution in [0.5, 0.6) is 0 Å². The standard InChI is InChI=1S/C18H16ClN3O2S/c1-10(23)12-3-6-14(7-4-12)20-17(24)11(2)25-18-21-15-8-5-13(19)9-16(15)22-18/h3-9,11H,1-2H3,(H,20,24)(H,21,22)/t11-/m1/s1. The van der Waals surface area contributed by atoms with Crippen molar-refractivity contribution in [1.82, 2.24) is 9.97 Å². The fraction of sp³-hybridized carbons (Fsp3) is 0.167. The van der Waals surface area contributed by atoms with Crippen LogP contribution in [0.3, 0.4) is 0 Å². The molecule has 0 saturated carbocycles. The number of carbonyl (C=O) groups is 2. The van der Waals surface area contributed by atoms with Gasteiger partial charge in [-0.25, -0.2) is 4.98 Å². The molecule has 0 fully saturated rings. The van der Waals surface area contributed by atoms with Crippen molar-refractivity contribution in [3.63, 3.8) is 0 Å². The molecule has 0 bridgehead atoms. The first kappa shape index (κ1) is 17.5. The predicted octanol–water partition coefficient (Wildman–Crippen LogP) is 4.54.